The van der Waals surface area contributed by atoms with Crippen molar-refractivity contribution in [3.8, 4) is 5.69 Å². The van der Waals surface area contributed by atoms with Crippen LogP contribution in [-0.2, 0) is 4.79 Å². The summed E-state index contributed by atoms with van der Waals surface area (Å²) in [4.78, 5) is 12.0. The minimum atomic E-state index is -0.209. The third-order valence-corrected chi connectivity index (χ3v) is 3.50. The molecule has 3 rings (SSSR count). The molecule has 0 atom stereocenters. The van der Waals surface area contributed by atoms with Crippen molar-refractivity contribution in [3.05, 3.63) is 71.0 Å². The fourth-order valence-corrected chi connectivity index (χ4v) is 2.39. The monoisotopic (exact) mass is 369 g/mol. The van der Waals surface area contributed by atoms with Gasteiger partial charge in [-0.15, -0.1) is 5.10 Å². The summed E-state index contributed by atoms with van der Waals surface area (Å²) in [5, 5.41) is 13.8. The van der Waals surface area contributed by atoms with E-state index in [-0.39, 0.29) is 5.91 Å². The average Bonchev–Trinajstić information content (AvgIpc) is 3.08. The molecule has 6 nitrogen and oxygen atoms in total. The van der Waals surface area contributed by atoms with Gasteiger partial charge in [-0.2, -0.15) is 0 Å². The van der Waals surface area contributed by atoms with Gasteiger partial charge in [0, 0.05) is 16.2 Å². The van der Waals surface area contributed by atoms with Gasteiger partial charge in [0.25, 0.3) is 0 Å². The Morgan fingerprint density at radius 2 is 2.04 bits per heavy atom. The number of tetrazole rings is 1. The third-order valence-electron chi connectivity index (χ3n) is 3.00. The molecule has 1 amide bonds. The molecule has 0 spiro atoms. The van der Waals surface area contributed by atoms with Gasteiger partial charge in [0.05, 0.1) is 5.69 Å². The number of aromatic nitrogens is 4. The van der Waals surface area contributed by atoms with E-state index in [9.17, 15) is 4.79 Å². The van der Waals surface area contributed by atoms with Crippen LogP contribution in [0.5, 0.6) is 0 Å². The molecule has 0 fully saturated rings. The Labute approximate surface area is 141 Å². The van der Waals surface area contributed by atoms with Crippen molar-refractivity contribution in [2.75, 3.05) is 5.32 Å². The number of anilines is 1. The van der Waals surface area contributed by atoms with E-state index in [2.05, 4.69) is 36.8 Å². The number of rotatable bonds is 4. The maximum absolute atomic E-state index is 12.0. The summed E-state index contributed by atoms with van der Waals surface area (Å²) in [6, 6.07) is 15.0. The smallest absolute Gasteiger partial charge is 0.248 e. The minimum absolute atomic E-state index is 0.209. The normalized spacial score (nSPS) is 10.8. The molecule has 0 bridgehead atoms. The highest BCUT2D eigenvalue weighted by molar-refractivity contribution is 9.10. The standard InChI is InChI=1S/C16H12BrN5O/c17-13-4-1-3-12(9-13)7-8-16(23)19-14-5-2-6-15(10-14)22-11-18-20-21-22/h1-11H,(H,19,23). The maximum atomic E-state index is 12.0. The van der Waals surface area contributed by atoms with Crippen molar-refractivity contribution < 1.29 is 4.79 Å². The lowest BCUT2D eigenvalue weighted by Gasteiger charge is -2.05. The predicted octanol–water partition coefficient (Wildman–Crippen LogP) is 3.08. The first-order valence-corrected chi connectivity index (χ1v) is 7.58. The number of nitrogens with zero attached hydrogens (tertiary/aromatic N) is 4. The molecule has 1 aromatic heterocycles. The van der Waals surface area contributed by atoms with Crippen molar-refractivity contribution in [1.82, 2.24) is 20.2 Å². The fourth-order valence-electron chi connectivity index (χ4n) is 1.97. The number of carbonyl (C=O) groups excluding carboxylic acids is 1. The SMILES string of the molecule is O=C(C=Cc1cccc(Br)c1)Nc1cccc(-n2cnnn2)c1. The Morgan fingerprint density at radius 1 is 1.17 bits per heavy atom. The van der Waals surface area contributed by atoms with E-state index in [4.69, 9.17) is 0 Å². The molecule has 0 aliphatic carbocycles. The molecule has 1 heterocycles. The predicted molar refractivity (Wildman–Crippen MR) is 91.0 cm³/mol. The van der Waals surface area contributed by atoms with E-state index in [1.54, 1.807) is 18.2 Å². The molecule has 3 aromatic rings. The summed E-state index contributed by atoms with van der Waals surface area (Å²) in [6.45, 7) is 0. The van der Waals surface area contributed by atoms with Gasteiger partial charge in [0.1, 0.15) is 6.33 Å². The lowest BCUT2D eigenvalue weighted by atomic mass is 10.2. The van der Waals surface area contributed by atoms with Crippen LogP contribution in [0, 0.1) is 0 Å². The lowest BCUT2D eigenvalue weighted by molar-refractivity contribution is -0.111. The Bertz CT molecular complexity index is 845. The molecule has 0 aliphatic rings. The van der Waals surface area contributed by atoms with Gasteiger partial charge in [0.2, 0.25) is 5.91 Å². The second-order valence-electron chi connectivity index (χ2n) is 4.68. The summed E-state index contributed by atoms with van der Waals surface area (Å²) >= 11 is 3.40. The van der Waals surface area contributed by atoms with Crippen molar-refractivity contribution in [3.63, 3.8) is 0 Å². The van der Waals surface area contributed by atoms with Crippen molar-refractivity contribution >= 4 is 33.6 Å². The van der Waals surface area contributed by atoms with Crippen molar-refractivity contribution in [1.29, 1.82) is 0 Å². The molecule has 0 unspecified atom stereocenters. The lowest BCUT2D eigenvalue weighted by Crippen LogP contribution is -2.08. The zero-order valence-electron chi connectivity index (χ0n) is 11.9. The van der Waals surface area contributed by atoms with Crippen LogP contribution < -0.4 is 5.32 Å². The molecule has 0 aliphatic heterocycles. The number of hydrogen-bond acceptors (Lipinski definition) is 4. The van der Waals surface area contributed by atoms with E-state index >= 15 is 0 Å². The topological polar surface area (TPSA) is 72.7 Å². The summed E-state index contributed by atoms with van der Waals surface area (Å²) in [6.07, 6.45) is 4.74. The van der Waals surface area contributed by atoms with Crippen LogP contribution in [0.1, 0.15) is 5.56 Å². The number of carbonyl (C=O) groups is 1. The summed E-state index contributed by atoms with van der Waals surface area (Å²) in [7, 11) is 0. The van der Waals surface area contributed by atoms with Crippen LogP contribution in [0.2, 0.25) is 0 Å². The van der Waals surface area contributed by atoms with Gasteiger partial charge in [-0.25, -0.2) is 4.68 Å². The van der Waals surface area contributed by atoms with Gasteiger partial charge in [-0.1, -0.05) is 34.1 Å². The molecule has 0 saturated carbocycles. The van der Waals surface area contributed by atoms with Crippen molar-refractivity contribution in [2.24, 2.45) is 0 Å². The van der Waals surface area contributed by atoms with E-state index < -0.39 is 0 Å². The summed E-state index contributed by atoms with van der Waals surface area (Å²) in [5.41, 5.74) is 2.38. The van der Waals surface area contributed by atoms with Crippen LogP contribution in [0.3, 0.4) is 0 Å². The Morgan fingerprint density at radius 3 is 2.83 bits per heavy atom. The molecule has 1 N–H and O–H groups in total. The number of nitrogens with one attached hydrogen (secondary N) is 1. The van der Waals surface area contributed by atoms with Gasteiger partial charge >= 0.3 is 0 Å². The largest absolute Gasteiger partial charge is 0.322 e. The number of amides is 1. The third kappa shape index (κ3) is 4.10. The van der Waals surface area contributed by atoms with Gasteiger partial charge < -0.3 is 5.32 Å². The second kappa shape index (κ2) is 6.97. The highest BCUT2D eigenvalue weighted by Gasteiger charge is 2.02. The highest BCUT2D eigenvalue weighted by Crippen LogP contribution is 2.14. The van der Waals surface area contributed by atoms with Crippen LogP contribution in [0.4, 0.5) is 5.69 Å². The number of benzene rings is 2. The zero-order valence-corrected chi connectivity index (χ0v) is 13.5. The maximum Gasteiger partial charge on any atom is 0.248 e. The summed E-state index contributed by atoms with van der Waals surface area (Å²) in [5.74, 6) is -0.209. The van der Waals surface area contributed by atoms with E-state index in [1.165, 1.54) is 17.1 Å². The second-order valence-corrected chi connectivity index (χ2v) is 5.60. The van der Waals surface area contributed by atoms with Crippen LogP contribution in [-0.4, -0.2) is 26.1 Å². The molecule has 2 aromatic carbocycles. The first kappa shape index (κ1) is 15.1. The fraction of sp³-hybridized carbons (Fsp3) is 0. The Hall–Kier alpha value is -2.80. The van der Waals surface area contributed by atoms with E-state index in [0.717, 1.165) is 15.7 Å². The quantitative estimate of drug-likeness (QED) is 0.717. The highest BCUT2D eigenvalue weighted by atomic mass is 79.9. The van der Waals surface area contributed by atoms with Crippen LogP contribution in [0.25, 0.3) is 11.8 Å². The van der Waals surface area contributed by atoms with Gasteiger partial charge in [-0.05, 0) is 52.4 Å². The number of hydrogen-bond donors (Lipinski definition) is 1. The van der Waals surface area contributed by atoms with Gasteiger partial charge in [-0.3, -0.25) is 4.79 Å². The molecular formula is C16H12BrN5O. The van der Waals surface area contributed by atoms with Crippen LogP contribution in [0.15, 0.2) is 65.4 Å². The van der Waals surface area contributed by atoms with Gasteiger partial charge in [0.15, 0.2) is 0 Å². The average molecular weight is 370 g/mol. The first-order valence-electron chi connectivity index (χ1n) is 6.79. The molecule has 7 heteroatoms. The summed E-state index contributed by atoms with van der Waals surface area (Å²) < 4.78 is 2.49. The Balaban J connectivity index is 1.69. The first-order chi connectivity index (χ1) is 11.2. The van der Waals surface area contributed by atoms with E-state index in [1.807, 2.05) is 36.4 Å². The van der Waals surface area contributed by atoms with Crippen molar-refractivity contribution in [2.45, 2.75) is 0 Å². The zero-order chi connectivity index (χ0) is 16.1. The molecular weight excluding hydrogens is 358 g/mol. The molecule has 0 saturated heterocycles. The minimum Gasteiger partial charge on any atom is -0.322 e. The Kier molecular flexibility index (Phi) is 4.58. The van der Waals surface area contributed by atoms with Crippen LogP contribution >= 0.6 is 15.9 Å². The molecule has 0 radical (unpaired) electrons. The van der Waals surface area contributed by atoms with E-state index in [0.29, 0.717) is 5.69 Å². The molecule has 23 heavy (non-hydrogen) atoms. The molecule has 114 valence electrons. The number of halogens is 1.